The molecule has 0 bridgehead atoms. The lowest BCUT2D eigenvalue weighted by Crippen LogP contribution is -2.45. The van der Waals surface area contributed by atoms with Crippen molar-refractivity contribution in [2.24, 2.45) is 0 Å². The minimum absolute atomic E-state index is 0.167. The Morgan fingerprint density at radius 3 is 2.76 bits per heavy atom. The van der Waals surface area contributed by atoms with Gasteiger partial charge in [-0.25, -0.2) is 13.1 Å². The van der Waals surface area contributed by atoms with Gasteiger partial charge in [0.05, 0.1) is 18.8 Å². The highest BCUT2D eigenvalue weighted by Gasteiger charge is 2.31. The molecule has 0 aliphatic carbocycles. The second-order valence-electron chi connectivity index (χ2n) is 3.72. The van der Waals surface area contributed by atoms with Crippen LogP contribution in [0.3, 0.4) is 0 Å². The first kappa shape index (κ1) is 14.4. The van der Waals surface area contributed by atoms with E-state index in [4.69, 9.17) is 4.74 Å². The molecule has 1 saturated heterocycles. The average Bonchev–Trinajstić information content (AvgIpc) is 2.63. The molecule has 8 heteroatoms. The molecule has 0 saturated carbocycles. The van der Waals surface area contributed by atoms with Crippen LogP contribution in [0.5, 0.6) is 0 Å². The molecule has 1 unspecified atom stereocenters. The van der Waals surface area contributed by atoms with Crippen molar-refractivity contribution in [1.82, 2.24) is 10.0 Å². The fourth-order valence-electron chi connectivity index (χ4n) is 1.65. The lowest BCUT2D eigenvalue weighted by atomic mass is 10.2. The van der Waals surface area contributed by atoms with Gasteiger partial charge in [-0.05, 0) is 6.92 Å². The smallest absolute Gasteiger partial charge is 0.322 e. The van der Waals surface area contributed by atoms with Gasteiger partial charge in [-0.15, -0.1) is 0 Å². The molecule has 100 valence electrons. The molecular formula is C9H18N2O5S. The highest BCUT2D eigenvalue weighted by atomic mass is 32.2. The minimum Gasteiger partial charge on any atom is -0.465 e. The number of ether oxygens (including phenoxy) is 2. The number of methoxy groups -OCH3 is 1. The van der Waals surface area contributed by atoms with Crippen LogP contribution < -0.4 is 10.0 Å². The van der Waals surface area contributed by atoms with Crippen LogP contribution in [0.2, 0.25) is 0 Å². The maximum absolute atomic E-state index is 11.6. The first-order valence-corrected chi connectivity index (χ1v) is 7.03. The first-order chi connectivity index (χ1) is 7.98. The highest BCUT2D eigenvalue weighted by molar-refractivity contribution is 7.90. The van der Waals surface area contributed by atoms with Gasteiger partial charge in [0, 0.05) is 20.2 Å². The predicted octanol–water partition coefficient (Wildman–Crippen LogP) is -1.54. The summed E-state index contributed by atoms with van der Waals surface area (Å²) in [6, 6.07) is -0.348. The van der Waals surface area contributed by atoms with E-state index in [1.165, 1.54) is 7.11 Å². The molecule has 0 spiro atoms. The van der Waals surface area contributed by atoms with Crippen LogP contribution in [0.4, 0.5) is 0 Å². The number of esters is 1. The number of carbonyl (C=O) groups excluding carboxylic acids is 1. The van der Waals surface area contributed by atoms with Crippen molar-refractivity contribution in [1.29, 1.82) is 0 Å². The molecule has 1 aliphatic heterocycles. The quantitative estimate of drug-likeness (QED) is 0.566. The van der Waals surface area contributed by atoms with Gasteiger partial charge in [0.2, 0.25) is 10.0 Å². The van der Waals surface area contributed by atoms with Crippen molar-refractivity contribution < 1.29 is 22.7 Å². The predicted molar refractivity (Wildman–Crippen MR) is 61.0 cm³/mol. The van der Waals surface area contributed by atoms with E-state index >= 15 is 0 Å². The van der Waals surface area contributed by atoms with E-state index in [1.54, 1.807) is 6.92 Å². The second kappa shape index (κ2) is 6.29. The standard InChI is InChI=1S/C9H18N2O5S/c1-3-16-9(12)6-17(13,14)11-7-4-10-5-8(7)15-2/h7-8,10-11H,3-6H2,1-2H3/t7?,8-/m0/s1. The molecule has 7 nitrogen and oxygen atoms in total. The molecule has 1 fully saturated rings. The third kappa shape index (κ3) is 4.58. The molecule has 0 aromatic heterocycles. The molecule has 17 heavy (non-hydrogen) atoms. The zero-order valence-corrected chi connectivity index (χ0v) is 10.7. The Bertz CT molecular complexity index is 356. The van der Waals surface area contributed by atoms with Crippen LogP contribution in [0.15, 0.2) is 0 Å². The molecule has 0 aromatic rings. The van der Waals surface area contributed by atoms with Gasteiger partial charge in [0.1, 0.15) is 0 Å². The molecule has 1 heterocycles. The second-order valence-corrected chi connectivity index (χ2v) is 5.47. The molecule has 2 atom stereocenters. The normalized spacial score (nSPS) is 24.8. The Labute approximate surface area is 101 Å². The maximum atomic E-state index is 11.6. The summed E-state index contributed by atoms with van der Waals surface area (Å²) in [5, 5.41) is 3.01. The average molecular weight is 266 g/mol. The zero-order chi connectivity index (χ0) is 12.9. The van der Waals surface area contributed by atoms with E-state index in [9.17, 15) is 13.2 Å². The van der Waals surface area contributed by atoms with Crippen molar-refractivity contribution in [3.05, 3.63) is 0 Å². The Morgan fingerprint density at radius 1 is 1.47 bits per heavy atom. The SMILES string of the molecule is CCOC(=O)CS(=O)(=O)NC1CNC[C@@H]1OC. The van der Waals surface area contributed by atoms with E-state index < -0.39 is 21.7 Å². The number of rotatable bonds is 6. The molecular weight excluding hydrogens is 248 g/mol. The first-order valence-electron chi connectivity index (χ1n) is 5.37. The van der Waals surface area contributed by atoms with E-state index in [0.717, 1.165) is 0 Å². The fraction of sp³-hybridized carbons (Fsp3) is 0.889. The summed E-state index contributed by atoms with van der Waals surface area (Å²) in [7, 11) is -2.16. The Kier molecular flexibility index (Phi) is 5.31. The van der Waals surface area contributed by atoms with Gasteiger partial charge < -0.3 is 14.8 Å². The molecule has 0 aromatic carbocycles. The van der Waals surface area contributed by atoms with Gasteiger partial charge in [0.25, 0.3) is 0 Å². The topological polar surface area (TPSA) is 93.7 Å². The summed E-state index contributed by atoms with van der Waals surface area (Å²) in [5.74, 6) is -1.41. The van der Waals surface area contributed by atoms with Crippen molar-refractivity contribution in [2.75, 3.05) is 32.6 Å². The van der Waals surface area contributed by atoms with Crippen LogP contribution in [0.1, 0.15) is 6.92 Å². The van der Waals surface area contributed by atoms with Crippen LogP contribution in [-0.2, 0) is 24.3 Å². The van der Waals surface area contributed by atoms with Crippen molar-refractivity contribution in [3.8, 4) is 0 Å². The Balaban J connectivity index is 2.51. The maximum Gasteiger partial charge on any atom is 0.322 e. The molecule has 0 radical (unpaired) electrons. The molecule has 2 N–H and O–H groups in total. The third-order valence-electron chi connectivity index (χ3n) is 2.41. The number of hydrogen-bond donors (Lipinski definition) is 2. The van der Waals surface area contributed by atoms with Crippen LogP contribution in [0.25, 0.3) is 0 Å². The van der Waals surface area contributed by atoms with Crippen molar-refractivity contribution >= 4 is 16.0 Å². The van der Waals surface area contributed by atoms with Crippen molar-refractivity contribution in [2.45, 2.75) is 19.1 Å². The van der Waals surface area contributed by atoms with Crippen LogP contribution >= 0.6 is 0 Å². The minimum atomic E-state index is -3.67. The number of carbonyl (C=O) groups is 1. The number of hydrogen-bond acceptors (Lipinski definition) is 6. The molecule has 0 amide bonds. The van der Waals surface area contributed by atoms with Gasteiger partial charge in [-0.3, -0.25) is 4.79 Å². The Morgan fingerprint density at radius 2 is 2.18 bits per heavy atom. The lowest BCUT2D eigenvalue weighted by Gasteiger charge is -2.18. The van der Waals surface area contributed by atoms with E-state index in [0.29, 0.717) is 13.1 Å². The highest BCUT2D eigenvalue weighted by Crippen LogP contribution is 2.05. The van der Waals surface area contributed by atoms with E-state index in [2.05, 4.69) is 14.8 Å². The fourth-order valence-corrected chi connectivity index (χ4v) is 2.82. The summed E-state index contributed by atoms with van der Waals surface area (Å²) in [4.78, 5) is 11.1. The lowest BCUT2D eigenvalue weighted by molar-refractivity contribution is -0.139. The Hall–Kier alpha value is -0.700. The van der Waals surface area contributed by atoms with Crippen LogP contribution in [-0.4, -0.2) is 59.1 Å². The van der Waals surface area contributed by atoms with Gasteiger partial charge in [-0.2, -0.15) is 0 Å². The summed E-state index contributed by atoms with van der Waals surface area (Å²) in [6.45, 7) is 2.86. The van der Waals surface area contributed by atoms with Gasteiger partial charge in [-0.1, -0.05) is 0 Å². The summed E-state index contributed by atoms with van der Waals surface area (Å²) in [6.07, 6.45) is -0.216. The number of sulfonamides is 1. The van der Waals surface area contributed by atoms with Crippen molar-refractivity contribution in [3.63, 3.8) is 0 Å². The summed E-state index contributed by atoms with van der Waals surface area (Å²) in [5.41, 5.74) is 0. The zero-order valence-electron chi connectivity index (χ0n) is 9.93. The van der Waals surface area contributed by atoms with E-state index in [-0.39, 0.29) is 18.8 Å². The largest absolute Gasteiger partial charge is 0.465 e. The summed E-state index contributed by atoms with van der Waals surface area (Å²) >= 11 is 0. The van der Waals surface area contributed by atoms with Gasteiger partial charge in [0.15, 0.2) is 5.75 Å². The molecule has 1 rings (SSSR count). The monoisotopic (exact) mass is 266 g/mol. The number of nitrogens with one attached hydrogen (secondary N) is 2. The molecule has 1 aliphatic rings. The third-order valence-corrected chi connectivity index (χ3v) is 3.68. The summed E-state index contributed by atoms with van der Waals surface area (Å²) < 4.78 is 35.4. The van der Waals surface area contributed by atoms with Crippen LogP contribution in [0, 0.1) is 0 Å². The van der Waals surface area contributed by atoms with E-state index in [1.807, 2.05) is 0 Å². The van der Waals surface area contributed by atoms with Gasteiger partial charge >= 0.3 is 5.97 Å².